The minimum Gasteiger partial charge on any atom is -0.339 e. The van der Waals surface area contributed by atoms with Gasteiger partial charge in [-0.05, 0) is 27.4 Å². The van der Waals surface area contributed by atoms with Crippen LogP contribution in [0.15, 0.2) is 39.2 Å². The zero-order valence-corrected chi connectivity index (χ0v) is 12.6. The van der Waals surface area contributed by atoms with Gasteiger partial charge in [0.1, 0.15) is 0 Å². The van der Waals surface area contributed by atoms with E-state index in [1.54, 1.807) is 23.9 Å². The average molecular weight is 339 g/mol. The summed E-state index contributed by atoms with van der Waals surface area (Å²) in [5.74, 6) is 1.42. The van der Waals surface area contributed by atoms with Gasteiger partial charge in [-0.3, -0.25) is 0 Å². The maximum atomic E-state index is 5.34. The second-order valence-electron chi connectivity index (χ2n) is 4.21. The Morgan fingerprint density at radius 1 is 1.53 bits per heavy atom. The van der Waals surface area contributed by atoms with Crippen molar-refractivity contribution in [2.24, 2.45) is 0 Å². The van der Waals surface area contributed by atoms with Gasteiger partial charge in [0.2, 0.25) is 11.7 Å². The van der Waals surface area contributed by atoms with Crippen molar-refractivity contribution in [3.05, 3.63) is 40.5 Å². The van der Waals surface area contributed by atoms with Crippen LogP contribution < -0.4 is 0 Å². The Labute approximate surface area is 122 Å². The lowest BCUT2D eigenvalue weighted by Crippen LogP contribution is -2.04. The molecule has 0 aromatic carbocycles. The lowest BCUT2D eigenvalue weighted by atomic mass is 10.2. The summed E-state index contributed by atoms with van der Waals surface area (Å²) in [6.07, 6.45) is 5.46. The van der Waals surface area contributed by atoms with E-state index in [1.165, 1.54) is 0 Å². The smallest absolute Gasteiger partial charge is 0.231 e. The third-order valence-electron chi connectivity index (χ3n) is 2.73. The first-order chi connectivity index (χ1) is 9.24. The predicted octanol–water partition coefficient (Wildman–Crippen LogP) is 3.56. The van der Waals surface area contributed by atoms with Crippen LogP contribution in [0.5, 0.6) is 0 Å². The molecule has 0 radical (unpaired) electrons. The van der Waals surface area contributed by atoms with Gasteiger partial charge < -0.3 is 9.09 Å². The Bertz CT molecular complexity index is 661. The first-order valence-corrected chi connectivity index (χ1v) is 7.44. The highest BCUT2D eigenvalue weighted by atomic mass is 79.9. The molecule has 7 heteroatoms. The van der Waals surface area contributed by atoms with E-state index in [-0.39, 0.29) is 5.92 Å². The predicted molar refractivity (Wildman–Crippen MR) is 76.0 cm³/mol. The molecule has 0 aliphatic carbocycles. The van der Waals surface area contributed by atoms with Crippen molar-refractivity contribution in [3.8, 4) is 10.7 Å². The van der Waals surface area contributed by atoms with Crippen LogP contribution >= 0.6 is 27.3 Å². The third kappa shape index (κ3) is 2.62. The van der Waals surface area contributed by atoms with Gasteiger partial charge in [0, 0.05) is 23.4 Å². The van der Waals surface area contributed by atoms with Crippen LogP contribution in [0.3, 0.4) is 0 Å². The number of halogens is 1. The molecule has 5 nitrogen and oxygen atoms in total. The monoisotopic (exact) mass is 338 g/mol. The summed E-state index contributed by atoms with van der Waals surface area (Å²) in [7, 11) is 0. The molecule has 0 amide bonds. The standard InChI is InChI=1S/C12H11BrN4OS/c1-8(6-17-4-3-14-7-17)12-15-11(16-18-12)10-9(13)2-5-19-10/h2-5,7-8H,6H2,1H3. The molecule has 0 bridgehead atoms. The summed E-state index contributed by atoms with van der Waals surface area (Å²) in [4.78, 5) is 9.47. The third-order valence-corrected chi connectivity index (χ3v) is 4.56. The quantitative estimate of drug-likeness (QED) is 0.729. The summed E-state index contributed by atoms with van der Waals surface area (Å²) in [6.45, 7) is 2.83. The maximum absolute atomic E-state index is 5.34. The van der Waals surface area contributed by atoms with Gasteiger partial charge in [-0.1, -0.05) is 12.1 Å². The van der Waals surface area contributed by atoms with Crippen LogP contribution in [0.4, 0.5) is 0 Å². The van der Waals surface area contributed by atoms with Crippen molar-refractivity contribution in [1.82, 2.24) is 19.7 Å². The fourth-order valence-corrected chi connectivity index (χ4v) is 3.24. The zero-order chi connectivity index (χ0) is 13.2. The molecule has 19 heavy (non-hydrogen) atoms. The van der Waals surface area contributed by atoms with E-state index in [4.69, 9.17) is 4.52 Å². The van der Waals surface area contributed by atoms with Crippen LogP contribution in [0, 0.1) is 0 Å². The van der Waals surface area contributed by atoms with E-state index in [0.29, 0.717) is 11.7 Å². The molecule has 1 unspecified atom stereocenters. The molecule has 0 fully saturated rings. The molecule has 98 valence electrons. The van der Waals surface area contributed by atoms with Crippen LogP contribution in [-0.2, 0) is 6.54 Å². The molecule has 3 rings (SSSR count). The molecule has 0 saturated carbocycles. The zero-order valence-electron chi connectivity index (χ0n) is 10.2. The molecule has 0 aliphatic heterocycles. The molecule has 1 atom stereocenters. The molecule has 0 saturated heterocycles. The number of aromatic nitrogens is 4. The second-order valence-corrected chi connectivity index (χ2v) is 5.98. The molecular weight excluding hydrogens is 328 g/mol. The highest BCUT2D eigenvalue weighted by Gasteiger charge is 2.17. The molecule has 0 N–H and O–H groups in total. The molecular formula is C12H11BrN4OS. The lowest BCUT2D eigenvalue weighted by molar-refractivity contribution is 0.347. The van der Waals surface area contributed by atoms with E-state index >= 15 is 0 Å². The molecule has 0 spiro atoms. The molecule has 0 aliphatic rings. The van der Waals surface area contributed by atoms with Crippen LogP contribution in [0.2, 0.25) is 0 Å². The van der Waals surface area contributed by atoms with Gasteiger partial charge in [0.25, 0.3) is 0 Å². The number of rotatable bonds is 4. The molecule has 3 aromatic heterocycles. The van der Waals surface area contributed by atoms with Gasteiger partial charge in [-0.25, -0.2) is 4.98 Å². The summed E-state index contributed by atoms with van der Waals surface area (Å²) < 4.78 is 8.33. The van der Waals surface area contributed by atoms with Gasteiger partial charge >= 0.3 is 0 Å². The number of hydrogen-bond donors (Lipinski definition) is 0. The van der Waals surface area contributed by atoms with Crippen molar-refractivity contribution < 1.29 is 4.52 Å². The van der Waals surface area contributed by atoms with E-state index in [1.807, 2.05) is 22.2 Å². The fourth-order valence-electron chi connectivity index (χ4n) is 1.77. The van der Waals surface area contributed by atoms with E-state index in [0.717, 1.165) is 15.9 Å². The van der Waals surface area contributed by atoms with Crippen molar-refractivity contribution in [3.63, 3.8) is 0 Å². The average Bonchev–Trinajstić information content (AvgIpc) is 3.08. The summed E-state index contributed by atoms with van der Waals surface area (Å²) in [6, 6.07) is 1.98. The van der Waals surface area contributed by atoms with Crippen LogP contribution in [0.25, 0.3) is 10.7 Å². The van der Waals surface area contributed by atoms with Crippen molar-refractivity contribution in [1.29, 1.82) is 0 Å². The van der Waals surface area contributed by atoms with Crippen molar-refractivity contribution >= 4 is 27.3 Å². The lowest BCUT2D eigenvalue weighted by Gasteiger charge is -2.06. The minimum atomic E-state index is 0.147. The van der Waals surface area contributed by atoms with Gasteiger partial charge in [0.05, 0.1) is 17.1 Å². The maximum Gasteiger partial charge on any atom is 0.231 e. The Hall–Kier alpha value is -1.47. The topological polar surface area (TPSA) is 56.7 Å². The number of nitrogens with zero attached hydrogens (tertiary/aromatic N) is 4. The normalized spacial score (nSPS) is 12.7. The highest BCUT2D eigenvalue weighted by molar-refractivity contribution is 9.10. The van der Waals surface area contributed by atoms with E-state index in [9.17, 15) is 0 Å². The van der Waals surface area contributed by atoms with Gasteiger partial charge in [-0.2, -0.15) is 4.98 Å². The first-order valence-electron chi connectivity index (χ1n) is 5.76. The Kier molecular flexibility index (Phi) is 3.48. The number of hydrogen-bond acceptors (Lipinski definition) is 5. The van der Waals surface area contributed by atoms with Crippen LogP contribution in [-0.4, -0.2) is 19.7 Å². The van der Waals surface area contributed by atoms with Gasteiger partial charge in [-0.15, -0.1) is 11.3 Å². The van der Waals surface area contributed by atoms with E-state index < -0.39 is 0 Å². The largest absolute Gasteiger partial charge is 0.339 e. The Morgan fingerprint density at radius 2 is 2.42 bits per heavy atom. The molecule has 3 heterocycles. The minimum absolute atomic E-state index is 0.147. The Morgan fingerprint density at radius 3 is 3.11 bits per heavy atom. The fraction of sp³-hybridized carbons (Fsp3) is 0.250. The summed E-state index contributed by atoms with van der Waals surface area (Å²) >= 11 is 5.06. The Balaban J connectivity index is 1.79. The number of thiophene rings is 1. The first kappa shape index (κ1) is 12.6. The summed E-state index contributed by atoms with van der Waals surface area (Å²) in [5.41, 5.74) is 0. The second kappa shape index (κ2) is 5.26. The van der Waals surface area contributed by atoms with E-state index in [2.05, 4.69) is 38.0 Å². The SMILES string of the molecule is CC(Cn1ccnc1)c1nc(-c2sccc2Br)no1. The number of imidazole rings is 1. The van der Waals surface area contributed by atoms with Crippen molar-refractivity contribution in [2.75, 3.05) is 0 Å². The highest BCUT2D eigenvalue weighted by Crippen LogP contribution is 2.32. The van der Waals surface area contributed by atoms with Crippen LogP contribution in [0.1, 0.15) is 18.7 Å². The van der Waals surface area contributed by atoms with Crippen molar-refractivity contribution in [2.45, 2.75) is 19.4 Å². The van der Waals surface area contributed by atoms with Gasteiger partial charge in [0.15, 0.2) is 0 Å². The summed E-state index contributed by atoms with van der Waals surface area (Å²) in [5, 5.41) is 6.03. The molecule has 3 aromatic rings.